The van der Waals surface area contributed by atoms with Crippen molar-refractivity contribution in [2.24, 2.45) is 0 Å². The summed E-state index contributed by atoms with van der Waals surface area (Å²) in [5.74, 6) is 0.766. The van der Waals surface area contributed by atoms with Gasteiger partial charge in [0, 0.05) is 0 Å². The molecule has 96 valence electrons. The van der Waals surface area contributed by atoms with E-state index in [1.54, 1.807) is 0 Å². The highest BCUT2D eigenvalue weighted by atomic mass is 16.3. The molecule has 0 saturated carbocycles. The van der Waals surface area contributed by atoms with Crippen LogP contribution in [-0.4, -0.2) is 4.98 Å². The second kappa shape index (κ2) is 4.49. The van der Waals surface area contributed by atoms with Crippen molar-refractivity contribution in [3.05, 3.63) is 78.2 Å². The Morgan fingerprint density at radius 1 is 0.800 bits per heavy atom. The predicted octanol–water partition coefficient (Wildman–Crippen LogP) is 4.57. The Morgan fingerprint density at radius 2 is 1.60 bits per heavy atom. The van der Waals surface area contributed by atoms with Crippen LogP contribution < -0.4 is 0 Å². The second-order valence-electron chi connectivity index (χ2n) is 4.89. The highest BCUT2D eigenvalue weighted by molar-refractivity contribution is 5.85. The van der Waals surface area contributed by atoms with Gasteiger partial charge < -0.3 is 4.42 Å². The minimum absolute atomic E-state index is 0.718. The average Bonchev–Trinajstić information content (AvgIpc) is 2.90. The van der Waals surface area contributed by atoms with Crippen molar-refractivity contribution in [2.75, 3.05) is 0 Å². The van der Waals surface area contributed by atoms with Crippen molar-refractivity contribution in [2.45, 2.75) is 6.42 Å². The van der Waals surface area contributed by atoms with E-state index in [0.29, 0.717) is 0 Å². The third kappa shape index (κ3) is 1.86. The molecule has 2 heteroatoms. The Labute approximate surface area is 116 Å². The van der Waals surface area contributed by atoms with Crippen molar-refractivity contribution in [1.29, 1.82) is 0 Å². The largest absolute Gasteiger partial charge is 0.440 e. The molecular weight excluding hydrogens is 246 g/mol. The highest BCUT2D eigenvalue weighted by Crippen LogP contribution is 2.23. The molecule has 2 nitrogen and oxygen atoms in total. The Morgan fingerprint density at radius 3 is 2.55 bits per heavy atom. The van der Waals surface area contributed by atoms with Gasteiger partial charge in [0.15, 0.2) is 11.5 Å². The predicted molar refractivity (Wildman–Crippen MR) is 80.8 cm³/mol. The molecule has 0 aliphatic carbocycles. The lowest BCUT2D eigenvalue weighted by molar-refractivity contribution is 0.544. The van der Waals surface area contributed by atoms with Gasteiger partial charge in [-0.25, -0.2) is 4.98 Å². The maximum atomic E-state index is 5.81. The summed E-state index contributed by atoms with van der Waals surface area (Å²) in [6.45, 7) is 0. The Kier molecular flexibility index (Phi) is 2.52. The van der Waals surface area contributed by atoms with Crippen LogP contribution in [-0.2, 0) is 6.42 Å². The van der Waals surface area contributed by atoms with Crippen LogP contribution in [0.4, 0.5) is 0 Å². The van der Waals surface area contributed by atoms with E-state index >= 15 is 0 Å². The first kappa shape index (κ1) is 11.2. The first-order valence-electron chi connectivity index (χ1n) is 6.71. The molecular formula is C18H13NO. The smallest absolute Gasteiger partial charge is 0.199 e. The number of fused-ring (bicyclic) bond motifs is 2. The third-order valence-corrected chi connectivity index (χ3v) is 3.56. The summed E-state index contributed by atoms with van der Waals surface area (Å²) in [4.78, 5) is 4.55. The molecule has 0 amide bonds. The van der Waals surface area contributed by atoms with Crippen molar-refractivity contribution < 1.29 is 4.42 Å². The van der Waals surface area contributed by atoms with E-state index < -0.39 is 0 Å². The van der Waals surface area contributed by atoms with Gasteiger partial charge in [0.2, 0.25) is 0 Å². The van der Waals surface area contributed by atoms with Gasteiger partial charge in [0.05, 0.1) is 6.42 Å². The van der Waals surface area contributed by atoms with Gasteiger partial charge in [-0.1, -0.05) is 54.6 Å². The van der Waals surface area contributed by atoms with Crippen LogP contribution in [0.1, 0.15) is 11.5 Å². The number of nitrogens with zero attached hydrogens (tertiary/aromatic N) is 1. The molecule has 4 rings (SSSR count). The Bertz CT molecular complexity index is 854. The van der Waals surface area contributed by atoms with Crippen LogP contribution >= 0.6 is 0 Å². The van der Waals surface area contributed by atoms with Crippen LogP contribution in [0.5, 0.6) is 0 Å². The summed E-state index contributed by atoms with van der Waals surface area (Å²) in [5.41, 5.74) is 3.01. The zero-order chi connectivity index (χ0) is 13.4. The van der Waals surface area contributed by atoms with Crippen LogP contribution in [0.3, 0.4) is 0 Å². The first-order chi connectivity index (χ1) is 9.90. The molecule has 20 heavy (non-hydrogen) atoms. The summed E-state index contributed by atoms with van der Waals surface area (Å²) in [6, 6.07) is 22.6. The summed E-state index contributed by atoms with van der Waals surface area (Å²) >= 11 is 0. The van der Waals surface area contributed by atoms with E-state index in [9.17, 15) is 0 Å². The Hall–Kier alpha value is -2.61. The van der Waals surface area contributed by atoms with Crippen LogP contribution in [0.2, 0.25) is 0 Å². The van der Waals surface area contributed by atoms with Crippen molar-refractivity contribution in [3.63, 3.8) is 0 Å². The summed E-state index contributed by atoms with van der Waals surface area (Å²) in [6.07, 6.45) is 0.718. The van der Waals surface area contributed by atoms with Crippen molar-refractivity contribution >= 4 is 21.9 Å². The van der Waals surface area contributed by atoms with Crippen molar-refractivity contribution in [3.8, 4) is 0 Å². The molecule has 1 aromatic heterocycles. The SMILES string of the molecule is c1ccc2c(Cc3nc4ccccc4o3)cccc2c1. The van der Waals surface area contributed by atoms with E-state index in [-0.39, 0.29) is 0 Å². The molecule has 0 aliphatic heterocycles. The van der Waals surface area contributed by atoms with Gasteiger partial charge in [-0.05, 0) is 28.5 Å². The second-order valence-corrected chi connectivity index (χ2v) is 4.89. The molecule has 0 radical (unpaired) electrons. The summed E-state index contributed by atoms with van der Waals surface area (Å²) in [7, 11) is 0. The fraction of sp³-hybridized carbons (Fsp3) is 0.0556. The molecule has 1 heterocycles. The molecule has 4 aromatic rings. The molecule has 0 bridgehead atoms. The van der Waals surface area contributed by atoms with Gasteiger partial charge in [0.1, 0.15) is 5.52 Å². The minimum atomic E-state index is 0.718. The standard InChI is InChI=1S/C18H13NO/c1-2-9-15-13(6-1)7-5-8-14(15)12-18-19-16-10-3-4-11-17(16)20-18/h1-11H,12H2. The monoisotopic (exact) mass is 259 g/mol. The highest BCUT2D eigenvalue weighted by Gasteiger charge is 2.08. The van der Waals surface area contributed by atoms with E-state index in [4.69, 9.17) is 4.42 Å². The van der Waals surface area contributed by atoms with Crippen LogP contribution in [0, 0.1) is 0 Å². The van der Waals surface area contributed by atoms with E-state index in [0.717, 1.165) is 23.4 Å². The fourth-order valence-corrected chi connectivity index (χ4v) is 2.61. The topological polar surface area (TPSA) is 26.0 Å². The maximum Gasteiger partial charge on any atom is 0.199 e. The van der Waals surface area contributed by atoms with Gasteiger partial charge >= 0.3 is 0 Å². The molecule has 0 atom stereocenters. The quantitative estimate of drug-likeness (QED) is 0.527. The number of benzene rings is 3. The lowest BCUT2D eigenvalue weighted by Gasteiger charge is -2.03. The summed E-state index contributed by atoms with van der Waals surface area (Å²) in [5, 5.41) is 2.51. The van der Waals surface area contributed by atoms with Crippen LogP contribution in [0.15, 0.2) is 71.1 Å². The molecule has 0 unspecified atom stereocenters. The average molecular weight is 259 g/mol. The van der Waals surface area contributed by atoms with E-state index in [1.807, 2.05) is 24.3 Å². The van der Waals surface area contributed by atoms with E-state index in [2.05, 4.69) is 47.4 Å². The van der Waals surface area contributed by atoms with Crippen molar-refractivity contribution in [1.82, 2.24) is 4.98 Å². The van der Waals surface area contributed by atoms with Gasteiger partial charge in [0.25, 0.3) is 0 Å². The first-order valence-corrected chi connectivity index (χ1v) is 6.71. The number of aromatic nitrogens is 1. The minimum Gasteiger partial charge on any atom is -0.440 e. The molecule has 0 saturated heterocycles. The number of oxazole rings is 1. The normalized spacial score (nSPS) is 11.2. The zero-order valence-corrected chi connectivity index (χ0v) is 10.9. The number of hydrogen-bond donors (Lipinski definition) is 0. The lowest BCUT2D eigenvalue weighted by atomic mass is 10.0. The number of hydrogen-bond acceptors (Lipinski definition) is 2. The zero-order valence-electron chi connectivity index (χ0n) is 10.9. The number of para-hydroxylation sites is 2. The molecule has 0 N–H and O–H groups in total. The fourth-order valence-electron chi connectivity index (χ4n) is 2.61. The van der Waals surface area contributed by atoms with Gasteiger partial charge in [-0.15, -0.1) is 0 Å². The maximum absolute atomic E-state index is 5.81. The number of rotatable bonds is 2. The molecule has 0 spiro atoms. The third-order valence-electron chi connectivity index (χ3n) is 3.56. The molecule has 0 aliphatic rings. The summed E-state index contributed by atoms with van der Waals surface area (Å²) < 4.78 is 5.81. The molecule has 3 aromatic carbocycles. The van der Waals surface area contributed by atoms with Gasteiger partial charge in [-0.2, -0.15) is 0 Å². The van der Waals surface area contributed by atoms with Gasteiger partial charge in [-0.3, -0.25) is 0 Å². The Balaban J connectivity index is 1.80. The molecule has 0 fully saturated rings. The van der Waals surface area contributed by atoms with Crippen LogP contribution in [0.25, 0.3) is 21.9 Å². The van der Waals surface area contributed by atoms with E-state index in [1.165, 1.54) is 16.3 Å². The lowest BCUT2D eigenvalue weighted by Crippen LogP contribution is -1.89.